The number of nitrogens with one attached hydrogen (secondary N) is 2. The number of halogens is 1. The van der Waals surface area contributed by atoms with Gasteiger partial charge in [0.1, 0.15) is 5.00 Å². The van der Waals surface area contributed by atoms with Crippen molar-refractivity contribution in [1.29, 1.82) is 0 Å². The van der Waals surface area contributed by atoms with E-state index >= 15 is 0 Å². The van der Waals surface area contributed by atoms with E-state index in [0.717, 1.165) is 16.9 Å². The zero-order valence-corrected chi connectivity index (χ0v) is 19.6. The molecule has 1 heterocycles. The fraction of sp³-hybridized carbons (Fsp3) is 0.174. The topological polar surface area (TPSA) is 103 Å². The lowest BCUT2D eigenvalue weighted by molar-refractivity contribution is 0.0600. The van der Waals surface area contributed by atoms with Crippen molar-refractivity contribution in [3.63, 3.8) is 0 Å². The highest BCUT2D eigenvalue weighted by Crippen LogP contribution is 2.32. The Balaban J connectivity index is 1.70. The normalized spacial score (nSPS) is 10.3. The summed E-state index contributed by atoms with van der Waals surface area (Å²) in [7, 11) is 4.36. The van der Waals surface area contributed by atoms with Crippen LogP contribution in [0.4, 0.5) is 5.00 Å². The molecule has 0 fully saturated rings. The standard InChI is InChI=1S/C23H21ClN2O6S/c1-30-17-9-4-13(10-18(17)31-2)12-25-21(28)16-11-19(24)33-22(16)26-20(27)14-5-7-15(8-6-14)23(29)32-3/h4-11H,12H2,1-3H3,(H,25,28)(H,26,27). The van der Waals surface area contributed by atoms with Crippen molar-refractivity contribution in [1.82, 2.24) is 5.32 Å². The molecular weight excluding hydrogens is 468 g/mol. The van der Waals surface area contributed by atoms with Crippen LogP contribution in [0, 0.1) is 0 Å². The Labute approximate surface area is 199 Å². The molecule has 0 aliphatic heterocycles. The summed E-state index contributed by atoms with van der Waals surface area (Å²) in [5.41, 5.74) is 1.68. The van der Waals surface area contributed by atoms with Crippen LogP contribution in [0.3, 0.4) is 0 Å². The molecule has 0 saturated carbocycles. The number of anilines is 1. The number of carbonyl (C=O) groups excluding carboxylic acids is 3. The molecule has 3 rings (SSSR count). The van der Waals surface area contributed by atoms with Crippen LogP contribution in [0.5, 0.6) is 11.5 Å². The van der Waals surface area contributed by atoms with E-state index < -0.39 is 17.8 Å². The number of ether oxygens (including phenoxy) is 3. The monoisotopic (exact) mass is 488 g/mol. The predicted molar refractivity (Wildman–Crippen MR) is 126 cm³/mol. The molecule has 2 amide bonds. The summed E-state index contributed by atoms with van der Waals surface area (Å²) in [6.45, 7) is 0.231. The summed E-state index contributed by atoms with van der Waals surface area (Å²) >= 11 is 7.18. The highest BCUT2D eigenvalue weighted by Gasteiger charge is 2.19. The molecule has 0 radical (unpaired) electrons. The molecule has 0 bridgehead atoms. The van der Waals surface area contributed by atoms with Crippen molar-refractivity contribution in [2.45, 2.75) is 6.54 Å². The third-order valence-corrected chi connectivity index (χ3v) is 5.82. The minimum Gasteiger partial charge on any atom is -0.493 e. The first kappa shape index (κ1) is 24.1. The largest absolute Gasteiger partial charge is 0.493 e. The quantitative estimate of drug-likeness (QED) is 0.456. The maximum Gasteiger partial charge on any atom is 0.337 e. The zero-order chi connectivity index (χ0) is 24.0. The van der Waals surface area contributed by atoms with Gasteiger partial charge in [0.2, 0.25) is 0 Å². The lowest BCUT2D eigenvalue weighted by atomic mass is 10.1. The molecule has 0 unspecified atom stereocenters. The van der Waals surface area contributed by atoms with Gasteiger partial charge in [0, 0.05) is 12.1 Å². The SMILES string of the molecule is COC(=O)c1ccc(C(=O)Nc2sc(Cl)cc2C(=O)NCc2ccc(OC)c(OC)c2)cc1. The van der Waals surface area contributed by atoms with Crippen LogP contribution in [-0.2, 0) is 11.3 Å². The van der Waals surface area contributed by atoms with Crippen molar-refractivity contribution in [3.8, 4) is 11.5 Å². The smallest absolute Gasteiger partial charge is 0.337 e. The van der Waals surface area contributed by atoms with Gasteiger partial charge in [-0.1, -0.05) is 17.7 Å². The lowest BCUT2D eigenvalue weighted by Crippen LogP contribution is -2.24. The molecule has 0 aliphatic carbocycles. The molecule has 3 aromatic rings. The predicted octanol–water partition coefficient (Wildman–Crippen LogP) is 4.39. The van der Waals surface area contributed by atoms with Crippen LogP contribution in [0.25, 0.3) is 0 Å². The number of methoxy groups -OCH3 is 3. The molecule has 0 atom stereocenters. The maximum absolute atomic E-state index is 12.8. The van der Waals surface area contributed by atoms with Crippen molar-refractivity contribution in [3.05, 3.63) is 75.1 Å². The Kier molecular flexibility index (Phi) is 7.92. The molecule has 0 saturated heterocycles. The third-order valence-electron chi connectivity index (χ3n) is 4.64. The minimum absolute atomic E-state index is 0.231. The Morgan fingerprint density at radius 2 is 1.55 bits per heavy atom. The van der Waals surface area contributed by atoms with Crippen LogP contribution in [0.15, 0.2) is 48.5 Å². The Morgan fingerprint density at radius 1 is 0.879 bits per heavy atom. The molecule has 172 valence electrons. The highest BCUT2D eigenvalue weighted by molar-refractivity contribution is 7.20. The van der Waals surface area contributed by atoms with Crippen molar-refractivity contribution in [2.75, 3.05) is 26.6 Å². The zero-order valence-electron chi connectivity index (χ0n) is 18.1. The van der Waals surface area contributed by atoms with E-state index in [1.165, 1.54) is 44.6 Å². The van der Waals surface area contributed by atoms with E-state index in [4.69, 9.17) is 21.1 Å². The van der Waals surface area contributed by atoms with Gasteiger partial charge in [-0.2, -0.15) is 0 Å². The molecule has 10 heteroatoms. The Hall–Kier alpha value is -3.56. The second kappa shape index (κ2) is 10.8. The van der Waals surface area contributed by atoms with Gasteiger partial charge in [0.25, 0.3) is 11.8 Å². The van der Waals surface area contributed by atoms with E-state index in [0.29, 0.717) is 32.0 Å². The number of hydrogen-bond acceptors (Lipinski definition) is 7. The van der Waals surface area contributed by atoms with Gasteiger partial charge in [0.05, 0.1) is 36.8 Å². The number of esters is 1. The summed E-state index contributed by atoms with van der Waals surface area (Å²) in [4.78, 5) is 37.0. The van der Waals surface area contributed by atoms with Crippen molar-refractivity contribution in [2.24, 2.45) is 0 Å². The fourth-order valence-corrected chi connectivity index (χ4v) is 4.06. The van der Waals surface area contributed by atoms with Crippen LogP contribution in [-0.4, -0.2) is 39.1 Å². The number of amides is 2. The summed E-state index contributed by atoms with van der Waals surface area (Å²) < 4.78 is 15.5. The minimum atomic E-state index is -0.500. The maximum atomic E-state index is 12.8. The van der Waals surface area contributed by atoms with E-state index in [1.807, 2.05) is 6.07 Å². The first-order valence-electron chi connectivity index (χ1n) is 9.64. The summed E-state index contributed by atoms with van der Waals surface area (Å²) in [6.07, 6.45) is 0. The number of thiophene rings is 1. The van der Waals surface area contributed by atoms with Crippen LogP contribution >= 0.6 is 22.9 Å². The first-order chi connectivity index (χ1) is 15.9. The molecule has 33 heavy (non-hydrogen) atoms. The Morgan fingerprint density at radius 3 is 2.18 bits per heavy atom. The molecule has 1 aromatic heterocycles. The molecule has 2 aromatic carbocycles. The molecular formula is C23H21ClN2O6S. The van der Waals surface area contributed by atoms with Crippen molar-refractivity contribution < 1.29 is 28.6 Å². The van der Waals surface area contributed by atoms with Crippen LogP contribution < -0.4 is 20.1 Å². The number of rotatable bonds is 8. The lowest BCUT2D eigenvalue weighted by Gasteiger charge is -2.11. The number of benzene rings is 2. The summed E-state index contributed by atoms with van der Waals surface area (Å²) in [5.74, 6) is -0.209. The molecule has 0 aliphatic rings. The summed E-state index contributed by atoms with van der Waals surface area (Å²) in [5, 5.41) is 5.82. The second-order valence-electron chi connectivity index (χ2n) is 6.69. The third kappa shape index (κ3) is 5.82. The van der Waals surface area contributed by atoms with Gasteiger partial charge in [0.15, 0.2) is 11.5 Å². The van der Waals surface area contributed by atoms with Gasteiger partial charge in [-0.3, -0.25) is 9.59 Å². The van der Waals surface area contributed by atoms with Gasteiger partial charge in [-0.25, -0.2) is 4.79 Å². The van der Waals surface area contributed by atoms with E-state index in [9.17, 15) is 14.4 Å². The van der Waals surface area contributed by atoms with Crippen LogP contribution in [0.2, 0.25) is 4.34 Å². The number of hydrogen-bond donors (Lipinski definition) is 2. The molecule has 0 spiro atoms. The fourth-order valence-electron chi connectivity index (χ4n) is 2.94. The second-order valence-corrected chi connectivity index (χ2v) is 8.37. The van der Waals surface area contributed by atoms with E-state index in [2.05, 4.69) is 15.4 Å². The van der Waals surface area contributed by atoms with E-state index in [1.54, 1.807) is 19.2 Å². The molecule has 2 N–H and O–H groups in total. The van der Waals surface area contributed by atoms with E-state index in [-0.39, 0.29) is 12.1 Å². The summed E-state index contributed by atoms with van der Waals surface area (Å²) in [6, 6.07) is 12.8. The van der Waals surface area contributed by atoms with Gasteiger partial charge >= 0.3 is 5.97 Å². The number of carbonyl (C=O) groups is 3. The average Bonchev–Trinajstić information content (AvgIpc) is 3.21. The van der Waals surface area contributed by atoms with Gasteiger partial charge in [-0.15, -0.1) is 11.3 Å². The molecule has 8 nitrogen and oxygen atoms in total. The Bertz CT molecular complexity index is 1180. The highest BCUT2D eigenvalue weighted by atomic mass is 35.5. The van der Waals surface area contributed by atoms with Gasteiger partial charge in [-0.05, 0) is 48.0 Å². The van der Waals surface area contributed by atoms with Crippen molar-refractivity contribution >= 4 is 45.7 Å². The van der Waals surface area contributed by atoms with Gasteiger partial charge < -0.3 is 24.8 Å². The first-order valence-corrected chi connectivity index (χ1v) is 10.8. The average molecular weight is 489 g/mol. The van der Waals surface area contributed by atoms with Crippen LogP contribution in [0.1, 0.15) is 36.6 Å².